The first kappa shape index (κ1) is 20.9. The number of aromatic nitrogens is 2. The van der Waals surface area contributed by atoms with Crippen molar-refractivity contribution in [2.24, 2.45) is 0 Å². The SMILES string of the molecule is Cc1cc(N(C)C)nc(NC2CCC(NC(=O)c3cc(F)c(F)c(F)c3)CC2)n1. The first-order valence-corrected chi connectivity index (χ1v) is 9.48. The van der Waals surface area contributed by atoms with E-state index in [1.54, 1.807) is 0 Å². The highest BCUT2D eigenvalue weighted by atomic mass is 19.2. The number of nitrogens with one attached hydrogen (secondary N) is 2. The fraction of sp³-hybridized carbons (Fsp3) is 0.450. The highest BCUT2D eigenvalue weighted by molar-refractivity contribution is 5.94. The molecule has 29 heavy (non-hydrogen) atoms. The summed E-state index contributed by atoms with van der Waals surface area (Å²) < 4.78 is 39.7. The lowest BCUT2D eigenvalue weighted by atomic mass is 9.91. The third kappa shape index (κ3) is 5.16. The molecule has 1 aliphatic carbocycles. The Labute approximate surface area is 167 Å². The Morgan fingerprint density at radius 1 is 1.00 bits per heavy atom. The normalized spacial score (nSPS) is 19.0. The summed E-state index contributed by atoms with van der Waals surface area (Å²) in [5.41, 5.74) is 0.636. The van der Waals surface area contributed by atoms with Gasteiger partial charge in [0.05, 0.1) is 0 Å². The van der Waals surface area contributed by atoms with E-state index in [2.05, 4.69) is 20.6 Å². The van der Waals surface area contributed by atoms with Crippen LogP contribution in [0.5, 0.6) is 0 Å². The highest BCUT2D eigenvalue weighted by Gasteiger charge is 2.24. The van der Waals surface area contributed by atoms with E-state index in [-0.39, 0.29) is 17.6 Å². The first-order valence-electron chi connectivity index (χ1n) is 9.48. The predicted octanol–water partition coefficient (Wildman–Crippen LogP) is 3.42. The molecule has 9 heteroatoms. The Bertz CT molecular complexity index is 875. The van der Waals surface area contributed by atoms with Gasteiger partial charge in [0.15, 0.2) is 17.5 Å². The number of benzene rings is 1. The topological polar surface area (TPSA) is 70.2 Å². The summed E-state index contributed by atoms with van der Waals surface area (Å²) in [4.78, 5) is 23.1. The van der Waals surface area contributed by atoms with Crippen molar-refractivity contribution >= 4 is 17.7 Å². The van der Waals surface area contributed by atoms with E-state index in [0.29, 0.717) is 30.9 Å². The Hall–Kier alpha value is -2.84. The zero-order valence-corrected chi connectivity index (χ0v) is 16.6. The van der Waals surface area contributed by atoms with Gasteiger partial charge in [0, 0.05) is 43.5 Å². The van der Waals surface area contributed by atoms with Gasteiger partial charge in [0.2, 0.25) is 5.95 Å². The Morgan fingerprint density at radius 3 is 2.17 bits per heavy atom. The van der Waals surface area contributed by atoms with Crippen LogP contribution < -0.4 is 15.5 Å². The molecule has 6 nitrogen and oxygen atoms in total. The molecule has 1 aromatic heterocycles. The third-order valence-electron chi connectivity index (χ3n) is 4.94. The van der Waals surface area contributed by atoms with Gasteiger partial charge in [0.1, 0.15) is 5.82 Å². The Morgan fingerprint density at radius 2 is 1.59 bits per heavy atom. The van der Waals surface area contributed by atoms with E-state index in [1.807, 2.05) is 32.0 Å². The lowest BCUT2D eigenvalue weighted by Crippen LogP contribution is -2.40. The standard InChI is InChI=1S/C20H24F3N5O/c1-11-8-17(28(2)3)27-20(24-11)26-14-6-4-13(5-7-14)25-19(29)12-9-15(21)18(23)16(22)10-12/h8-10,13-14H,4-7H2,1-3H3,(H,25,29)(H,24,26,27). The van der Waals surface area contributed by atoms with Gasteiger partial charge in [-0.2, -0.15) is 4.98 Å². The molecule has 0 bridgehead atoms. The lowest BCUT2D eigenvalue weighted by molar-refractivity contribution is 0.0925. The molecule has 0 unspecified atom stereocenters. The van der Waals surface area contributed by atoms with Crippen LogP contribution in [0.3, 0.4) is 0 Å². The molecule has 0 saturated heterocycles. The van der Waals surface area contributed by atoms with Crippen LogP contribution in [0.25, 0.3) is 0 Å². The van der Waals surface area contributed by atoms with Crippen molar-refractivity contribution < 1.29 is 18.0 Å². The molecule has 0 atom stereocenters. The lowest BCUT2D eigenvalue weighted by Gasteiger charge is -2.30. The smallest absolute Gasteiger partial charge is 0.251 e. The summed E-state index contributed by atoms with van der Waals surface area (Å²) in [5.74, 6) is -3.56. The number of carbonyl (C=O) groups is 1. The Kier molecular flexibility index (Phi) is 6.24. The maximum atomic E-state index is 13.3. The molecule has 1 aliphatic rings. The minimum absolute atomic E-state index is 0.118. The second-order valence-electron chi connectivity index (χ2n) is 7.51. The summed E-state index contributed by atoms with van der Waals surface area (Å²) in [5, 5.41) is 6.11. The molecule has 1 fully saturated rings. The quantitative estimate of drug-likeness (QED) is 0.744. The van der Waals surface area contributed by atoms with Gasteiger partial charge in [-0.05, 0) is 44.7 Å². The number of aryl methyl sites for hydroxylation is 1. The largest absolute Gasteiger partial charge is 0.363 e. The number of hydrogen-bond donors (Lipinski definition) is 2. The van der Waals surface area contributed by atoms with Crippen LogP contribution in [-0.4, -0.2) is 42.1 Å². The van der Waals surface area contributed by atoms with Crippen molar-refractivity contribution in [2.45, 2.75) is 44.7 Å². The van der Waals surface area contributed by atoms with Crippen LogP contribution in [0.2, 0.25) is 0 Å². The van der Waals surface area contributed by atoms with Gasteiger partial charge in [-0.15, -0.1) is 0 Å². The zero-order valence-electron chi connectivity index (χ0n) is 16.6. The number of hydrogen-bond acceptors (Lipinski definition) is 5. The highest BCUT2D eigenvalue weighted by Crippen LogP contribution is 2.23. The number of carbonyl (C=O) groups excluding carboxylic acids is 1. The van der Waals surface area contributed by atoms with Crippen molar-refractivity contribution in [2.75, 3.05) is 24.3 Å². The number of amides is 1. The molecule has 156 valence electrons. The number of halogens is 3. The number of rotatable bonds is 5. The van der Waals surface area contributed by atoms with Crippen LogP contribution in [-0.2, 0) is 0 Å². The molecule has 2 aromatic rings. The molecule has 1 aromatic carbocycles. The maximum absolute atomic E-state index is 13.3. The molecular weight excluding hydrogens is 383 g/mol. The molecule has 0 spiro atoms. The third-order valence-corrected chi connectivity index (χ3v) is 4.94. The predicted molar refractivity (Wildman–Crippen MR) is 105 cm³/mol. The molecule has 2 N–H and O–H groups in total. The summed E-state index contributed by atoms with van der Waals surface area (Å²) in [6, 6.07) is 3.36. The molecular formula is C20H24F3N5O. The van der Waals surface area contributed by atoms with Crippen LogP contribution in [0.1, 0.15) is 41.7 Å². The van der Waals surface area contributed by atoms with E-state index in [9.17, 15) is 18.0 Å². The molecule has 1 saturated carbocycles. The second-order valence-corrected chi connectivity index (χ2v) is 7.51. The van der Waals surface area contributed by atoms with Crippen molar-refractivity contribution in [3.05, 3.63) is 46.9 Å². The maximum Gasteiger partial charge on any atom is 0.251 e. The fourth-order valence-corrected chi connectivity index (χ4v) is 3.37. The summed E-state index contributed by atoms with van der Waals surface area (Å²) >= 11 is 0. The van der Waals surface area contributed by atoms with Gasteiger partial charge in [-0.1, -0.05) is 0 Å². The van der Waals surface area contributed by atoms with E-state index in [1.165, 1.54) is 0 Å². The minimum Gasteiger partial charge on any atom is -0.363 e. The monoisotopic (exact) mass is 407 g/mol. The van der Waals surface area contributed by atoms with Crippen molar-refractivity contribution in [1.29, 1.82) is 0 Å². The van der Waals surface area contributed by atoms with Gasteiger partial charge in [0.25, 0.3) is 5.91 Å². The molecule has 3 rings (SSSR count). The van der Waals surface area contributed by atoms with Crippen molar-refractivity contribution in [3.63, 3.8) is 0 Å². The second kappa shape index (κ2) is 8.67. The fourth-order valence-electron chi connectivity index (χ4n) is 3.37. The zero-order chi connectivity index (χ0) is 21.1. The van der Waals surface area contributed by atoms with E-state index in [4.69, 9.17) is 0 Å². The number of nitrogens with zero attached hydrogens (tertiary/aromatic N) is 3. The van der Waals surface area contributed by atoms with Gasteiger partial charge < -0.3 is 15.5 Å². The molecule has 1 amide bonds. The van der Waals surface area contributed by atoms with Gasteiger partial charge >= 0.3 is 0 Å². The first-order chi connectivity index (χ1) is 13.7. The average molecular weight is 407 g/mol. The summed E-state index contributed by atoms with van der Waals surface area (Å²) in [6.45, 7) is 1.91. The molecule has 0 aliphatic heterocycles. The van der Waals surface area contributed by atoms with Gasteiger partial charge in [-0.25, -0.2) is 18.2 Å². The Balaban J connectivity index is 1.55. The van der Waals surface area contributed by atoms with Crippen LogP contribution >= 0.6 is 0 Å². The van der Waals surface area contributed by atoms with E-state index >= 15 is 0 Å². The van der Waals surface area contributed by atoms with Crippen LogP contribution in [0, 0.1) is 24.4 Å². The van der Waals surface area contributed by atoms with Crippen molar-refractivity contribution in [1.82, 2.24) is 15.3 Å². The summed E-state index contributed by atoms with van der Waals surface area (Å²) in [7, 11) is 3.83. The van der Waals surface area contributed by atoms with Gasteiger partial charge in [-0.3, -0.25) is 4.79 Å². The molecule has 0 radical (unpaired) electrons. The average Bonchev–Trinajstić information content (AvgIpc) is 2.66. The van der Waals surface area contributed by atoms with E-state index < -0.39 is 23.4 Å². The molecule has 1 heterocycles. The minimum atomic E-state index is -1.58. The summed E-state index contributed by atoms with van der Waals surface area (Å²) in [6.07, 6.45) is 2.96. The van der Waals surface area contributed by atoms with E-state index in [0.717, 1.165) is 24.4 Å². The van der Waals surface area contributed by atoms with Crippen molar-refractivity contribution in [3.8, 4) is 0 Å². The number of anilines is 2. The van der Waals surface area contributed by atoms with Crippen LogP contribution in [0.15, 0.2) is 18.2 Å². The van der Waals surface area contributed by atoms with Crippen LogP contribution in [0.4, 0.5) is 24.9 Å².